The fourth-order valence-corrected chi connectivity index (χ4v) is 3.73. The van der Waals surface area contributed by atoms with Crippen molar-refractivity contribution in [3.05, 3.63) is 76.6 Å². The van der Waals surface area contributed by atoms with Crippen LogP contribution in [0.5, 0.6) is 0 Å². The molecule has 1 fully saturated rings. The zero-order valence-corrected chi connectivity index (χ0v) is 13.8. The molecule has 23 heavy (non-hydrogen) atoms. The highest BCUT2D eigenvalue weighted by Gasteiger charge is 2.31. The van der Waals surface area contributed by atoms with Crippen molar-refractivity contribution in [3.8, 4) is 11.3 Å². The molecule has 0 bridgehead atoms. The van der Waals surface area contributed by atoms with Crippen LogP contribution in [-0.2, 0) is 6.54 Å². The Morgan fingerprint density at radius 2 is 1.70 bits per heavy atom. The van der Waals surface area contributed by atoms with Gasteiger partial charge in [-0.05, 0) is 24.3 Å². The predicted molar refractivity (Wildman–Crippen MR) is 96.3 cm³/mol. The van der Waals surface area contributed by atoms with E-state index in [9.17, 15) is 0 Å². The molecule has 0 aliphatic heterocycles. The first-order valence-electron chi connectivity index (χ1n) is 8.18. The lowest BCUT2D eigenvalue weighted by Gasteiger charge is -2.18. The number of benzene rings is 2. The van der Waals surface area contributed by atoms with Gasteiger partial charge in [0.15, 0.2) is 0 Å². The van der Waals surface area contributed by atoms with Crippen LogP contribution in [0.3, 0.4) is 0 Å². The highest BCUT2D eigenvalue weighted by atomic mass is 32.1. The van der Waals surface area contributed by atoms with Crippen LogP contribution >= 0.6 is 11.3 Å². The number of thiazole rings is 1. The van der Waals surface area contributed by atoms with Crippen molar-refractivity contribution < 1.29 is 0 Å². The van der Waals surface area contributed by atoms with Crippen LogP contribution in [0.1, 0.15) is 29.5 Å². The van der Waals surface area contributed by atoms with E-state index in [4.69, 9.17) is 4.98 Å². The maximum Gasteiger partial charge on any atom is 0.107 e. The monoisotopic (exact) mass is 320 g/mol. The average molecular weight is 320 g/mol. The Kier molecular flexibility index (Phi) is 4.22. The van der Waals surface area contributed by atoms with Crippen LogP contribution in [0, 0.1) is 5.92 Å². The molecule has 3 heteroatoms. The summed E-state index contributed by atoms with van der Waals surface area (Å²) in [4.78, 5) is 4.78. The zero-order valence-electron chi connectivity index (χ0n) is 13.0. The van der Waals surface area contributed by atoms with E-state index < -0.39 is 0 Å². The smallest absolute Gasteiger partial charge is 0.107 e. The van der Waals surface area contributed by atoms with Gasteiger partial charge in [0.2, 0.25) is 0 Å². The maximum absolute atomic E-state index is 4.78. The Hall–Kier alpha value is -1.97. The van der Waals surface area contributed by atoms with E-state index in [0.717, 1.165) is 23.2 Å². The van der Waals surface area contributed by atoms with Crippen LogP contribution in [0.15, 0.2) is 66.0 Å². The Balaban J connectivity index is 1.45. The molecule has 0 saturated heterocycles. The summed E-state index contributed by atoms with van der Waals surface area (Å²) >= 11 is 1.74. The molecule has 1 saturated carbocycles. The van der Waals surface area contributed by atoms with Gasteiger partial charge in [-0.1, -0.05) is 60.7 Å². The molecule has 1 aromatic heterocycles. The van der Waals surface area contributed by atoms with Crippen LogP contribution in [0.4, 0.5) is 0 Å². The summed E-state index contributed by atoms with van der Waals surface area (Å²) in [5.41, 5.74) is 3.67. The zero-order chi connectivity index (χ0) is 15.5. The molecule has 0 radical (unpaired) electrons. The van der Waals surface area contributed by atoms with Gasteiger partial charge in [0, 0.05) is 23.5 Å². The number of hydrogen-bond acceptors (Lipinski definition) is 3. The van der Waals surface area contributed by atoms with Gasteiger partial charge in [0.25, 0.3) is 0 Å². The molecular weight excluding hydrogens is 300 g/mol. The highest BCUT2D eigenvalue weighted by molar-refractivity contribution is 7.09. The molecule has 1 aliphatic rings. The third kappa shape index (κ3) is 3.52. The van der Waals surface area contributed by atoms with Gasteiger partial charge in [-0.15, -0.1) is 11.3 Å². The van der Waals surface area contributed by atoms with E-state index in [0.29, 0.717) is 6.04 Å². The summed E-state index contributed by atoms with van der Waals surface area (Å²) in [6.07, 6.45) is 2.67. The first kappa shape index (κ1) is 14.6. The molecule has 3 aromatic rings. The Bertz CT molecular complexity index is 748. The van der Waals surface area contributed by atoms with Crippen molar-refractivity contribution in [2.24, 2.45) is 5.92 Å². The summed E-state index contributed by atoms with van der Waals surface area (Å²) in [6, 6.07) is 21.6. The quantitative estimate of drug-likeness (QED) is 0.687. The van der Waals surface area contributed by atoms with Crippen molar-refractivity contribution in [1.82, 2.24) is 10.3 Å². The molecule has 1 atom stereocenters. The standard InChI is InChI=1S/C20H20N2S/c1-3-7-15(8-4-1)18-14-23-19(22-18)13-21-20(17-11-12-17)16-9-5-2-6-10-16/h1-10,14,17,20-21H,11-13H2. The van der Waals surface area contributed by atoms with E-state index in [1.54, 1.807) is 11.3 Å². The lowest BCUT2D eigenvalue weighted by molar-refractivity contribution is 0.480. The number of hydrogen-bond donors (Lipinski definition) is 1. The van der Waals surface area contributed by atoms with Gasteiger partial charge in [-0.3, -0.25) is 0 Å². The Morgan fingerprint density at radius 1 is 1.00 bits per heavy atom. The molecule has 4 rings (SSSR count). The van der Waals surface area contributed by atoms with Crippen molar-refractivity contribution in [1.29, 1.82) is 0 Å². The van der Waals surface area contributed by atoms with Gasteiger partial charge in [-0.25, -0.2) is 4.98 Å². The van der Waals surface area contributed by atoms with Gasteiger partial charge in [0.1, 0.15) is 5.01 Å². The maximum atomic E-state index is 4.78. The molecule has 1 unspecified atom stereocenters. The summed E-state index contributed by atoms with van der Waals surface area (Å²) in [6.45, 7) is 0.841. The van der Waals surface area contributed by atoms with Gasteiger partial charge in [0.05, 0.1) is 5.69 Å². The SMILES string of the molecule is c1ccc(-c2csc(CNC(c3ccccc3)C3CC3)n2)cc1. The molecule has 1 heterocycles. The number of nitrogens with one attached hydrogen (secondary N) is 1. The first-order chi connectivity index (χ1) is 11.4. The molecule has 2 aromatic carbocycles. The van der Waals surface area contributed by atoms with Crippen molar-refractivity contribution >= 4 is 11.3 Å². The predicted octanol–water partition coefficient (Wildman–Crippen LogP) is 5.05. The second kappa shape index (κ2) is 6.65. The lowest BCUT2D eigenvalue weighted by atomic mass is 10.0. The Morgan fingerprint density at radius 3 is 2.39 bits per heavy atom. The third-order valence-electron chi connectivity index (χ3n) is 4.35. The molecule has 0 amide bonds. The van der Waals surface area contributed by atoms with E-state index in [1.807, 2.05) is 6.07 Å². The van der Waals surface area contributed by atoms with Gasteiger partial charge in [-0.2, -0.15) is 0 Å². The molecule has 1 aliphatic carbocycles. The van der Waals surface area contributed by atoms with E-state index in [2.05, 4.69) is 65.3 Å². The second-order valence-corrected chi connectivity index (χ2v) is 7.04. The lowest BCUT2D eigenvalue weighted by Crippen LogP contribution is -2.22. The first-order valence-corrected chi connectivity index (χ1v) is 9.06. The Labute approximate surface area is 141 Å². The minimum Gasteiger partial charge on any atom is -0.303 e. The van der Waals surface area contributed by atoms with Gasteiger partial charge < -0.3 is 5.32 Å². The van der Waals surface area contributed by atoms with E-state index >= 15 is 0 Å². The topological polar surface area (TPSA) is 24.9 Å². The minimum atomic E-state index is 0.459. The normalized spacial score (nSPS) is 15.5. The van der Waals surface area contributed by atoms with E-state index in [1.165, 1.54) is 24.0 Å². The van der Waals surface area contributed by atoms with Crippen molar-refractivity contribution in [2.45, 2.75) is 25.4 Å². The van der Waals surface area contributed by atoms with Gasteiger partial charge >= 0.3 is 0 Å². The third-order valence-corrected chi connectivity index (χ3v) is 5.20. The molecule has 1 N–H and O–H groups in total. The second-order valence-electron chi connectivity index (χ2n) is 6.10. The average Bonchev–Trinajstić information content (AvgIpc) is 3.34. The summed E-state index contributed by atoms with van der Waals surface area (Å²) in [5, 5.41) is 7.04. The molecule has 0 spiro atoms. The molecular formula is C20H20N2S. The number of nitrogens with zero attached hydrogens (tertiary/aromatic N) is 1. The fourth-order valence-electron chi connectivity index (χ4n) is 2.98. The van der Waals surface area contributed by atoms with Crippen molar-refractivity contribution in [2.75, 3.05) is 0 Å². The van der Waals surface area contributed by atoms with Crippen LogP contribution in [-0.4, -0.2) is 4.98 Å². The number of rotatable bonds is 6. The number of aromatic nitrogens is 1. The van der Waals surface area contributed by atoms with E-state index in [-0.39, 0.29) is 0 Å². The fraction of sp³-hybridized carbons (Fsp3) is 0.250. The summed E-state index contributed by atoms with van der Waals surface area (Å²) in [7, 11) is 0. The molecule has 2 nitrogen and oxygen atoms in total. The summed E-state index contributed by atoms with van der Waals surface area (Å²) < 4.78 is 0. The largest absolute Gasteiger partial charge is 0.303 e. The van der Waals surface area contributed by atoms with Crippen molar-refractivity contribution in [3.63, 3.8) is 0 Å². The van der Waals surface area contributed by atoms with Crippen LogP contribution < -0.4 is 5.32 Å². The minimum absolute atomic E-state index is 0.459. The summed E-state index contributed by atoms with van der Waals surface area (Å²) in [5.74, 6) is 0.783. The molecule has 116 valence electrons. The highest BCUT2D eigenvalue weighted by Crippen LogP contribution is 2.41. The van der Waals surface area contributed by atoms with Crippen LogP contribution in [0.2, 0.25) is 0 Å². The van der Waals surface area contributed by atoms with Crippen LogP contribution in [0.25, 0.3) is 11.3 Å².